The third-order valence-corrected chi connectivity index (χ3v) is 7.78. The van der Waals surface area contributed by atoms with E-state index in [1.807, 2.05) is 0 Å². The molecule has 0 aromatic carbocycles. The van der Waals surface area contributed by atoms with Gasteiger partial charge >= 0.3 is 5.97 Å². The Balaban J connectivity index is 3.92. The van der Waals surface area contributed by atoms with Crippen LogP contribution < -0.4 is 0 Å². The summed E-state index contributed by atoms with van der Waals surface area (Å²) >= 11 is 0. The van der Waals surface area contributed by atoms with Gasteiger partial charge in [0.1, 0.15) is 6.61 Å². The molecular formula is C37H66O2. The molecule has 0 amide bonds. The summed E-state index contributed by atoms with van der Waals surface area (Å²) in [4.78, 5) is 12.1. The van der Waals surface area contributed by atoms with Crippen LogP contribution in [-0.2, 0) is 9.53 Å². The molecule has 2 heteroatoms. The van der Waals surface area contributed by atoms with Crippen molar-refractivity contribution in [3.05, 3.63) is 46.6 Å². The lowest BCUT2D eigenvalue weighted by Gasteiger charge is -2.15. The molecule has 0 spiro atoms. The lowest BCUT2D eigenvalue weighted by molar-refractivity contribution is -0.142. The minimum Gasteiger partial charge on any atom is -0.461 e. The third-order valence-electron chi connectivity index (χ3n) is 7.78. The molecule has 0 fully saturated rings. The average molecular weight is 543 g/mol. The molecule has 0 aromatic heterocycles. The zero-order chi connectivity index (χ0) is 29.5. The number of rotatable bonds is 23. The Morgan fingerprint density at radius 1 is 0.564 bits per heavy atom. The fourth-order valence-electron chi connectivity index (χ4n) is 4.93. The van der Waals surface area contributed by atoms with Gasteiger partial charge in [-0.05, 0) is 103 Å². The number of allylic oxidation sites excluding steroid dienone is 7. The maximum Gasteiger partial charge on any atom is 0.306 e. The van der Waals surface area contributed by atoms with Gasteiger partial charge in [0, 0.05) is 6.42 Å². The SMILES string of the molecule is CC(C)=CCC/C(C)=C\CC/C(C)=C\CCC(=O)OC/C=C(/C)CCC[C@H](C)CCC[C@H](C)CCCC(C)C. The smallest absolute Gasteiger partial charge is 0.306 e. The van der Waals surface area contributed by atoms with Crippen LogP contribution in [0, 0.1) is 17.8 Å². The Hall–Kier alpha value is -1.57. The number of esters is 1. The largest absolute Gasteiger partial charge is 0.461 e. The van der Waals surface area contributed by atoms with Crippen LogP contribution in [0.1, 0.15) is 159 Å². The molecule has 0 heterocycles. The molecule has 226 valence electrons. The standard InChI is InChI=1S/C37H66O2/c1-30(2)16-10-18-32(5)20-12-22-34(7)24-14-25-36(9)28-29-39-37(38)27-15-26-35(8)23-13-21-33(6)19-11-17-31(3)4/h17,21,26,28,30,32,34H,10-16,18-20,22-25,27,29H2,1-9H3/b33-21-,35-26-,36-28-/t32-,34-/m1/s1. The Labute approximate surface area is 244 Å². The van der Waals surface area contributed by atoms with Crippen molar-refractivity contribution in [3.8, 4) is 0 Å². The number of carbonyl (C=O) groups is 1. The molecule has 0 unspecified atom stereocenters. The minimum absolute atomic E-state index is 0.0924. The van der Waals surface area contributed by atoms with Crippen molar-refractivity contribution >= 4 is 5.97 Å². The Bertz CT molecular complexity index is 745. The summed E-state index contributed by atoms with van der Waals surface area (Å²) < 4.78 is 5.45. The summed E-state index contributed by atoms with van der Waals surface area (Å²) in [6.07, 6.45) is 26.5. The number of hydrogen-bond acceptors (Lipinski definition) is 2. The summed E-state index contributed by atoms with van der Waals surface area (Å²) in [6, 6.07) is 0. The Kier molecular flexibility index (Phi) is 23.3. The fourth-order valence-corrected chi connectivity index (χ4v) is 4.93. The highest BCUT2D eigenvalue weighted by Gasteiger charge is 2.07. The molecule has 0 N–H and O–H groups in total. The van der Waals surface area contributed by atoms with Gasteiger partial charge in [0.25, 0.3) is 0 Å². The molecule has 0 aliphatic heterocycles. The van der Waals surface area contributed by atoms with E-state index in [1.54, 1.807) is 0 Å². The first kappa shape index (κ1) is 37.4. The molecular weight excluding hydrogens is 476 g/mol. The second-order valence-corrected chi connectivity index (χ2v) is 13.1. The highest BCUT2D eigenvalue weighted by Crippen LogP contribution is 2.22. The fraction of sp³-hybridized carbons (Fsp3) is 0.757. The van der Waals surface area contributed by atoms with Crippen LogP contribution in [0.2, 0.25) is 0 Å². The number of hydrogen-bond donors (Lipinski definition) is 0. The highest BCUT2D eigenvalue weighted by molar-refractivity contribution is 5.69. The van der Waals surface area contributed by atoms with Crippen molar-refractivity contribution in [2.75, 3.05) is 6.61 Å². The first-order valence-electron chi connectivity index (χ1n) is 16.2. The molecule has 0 aliphatic rings. The molecule has 0 aromatic rings. The van der Waals surface area contributed by atoms with Crippen molar-refractivity contribution in [1.82, 2.24) is 0 Å². The lowest BCUT2D eigenvalue weighted by atomic mass is 9.91. The van der Waals surface area contributed by atoms with Gasteiger partial charge in [-0.25, -0.2) is 0 Å². The van der Waals surface area contributed by atoms with E-state index in [9.17, 15) is 4.79 Å². The Morgan fingerprint density at radius 2 is 1.03 bits per heavy atom. The minimum atomic E-state index is -0.0924. The highest BCUT2D eigenvalue weighted by atomic mass is 16.5. The van der Waals surface area contributed by atoms with Gasteiger partial charge in [-0.2, -0.15) is 0 Å². The van der Waals surface area contributed by atoms with Crippen LogP contribution in [0.15, 0.2) is 46.6 Å². The normalized spacial score (nSPS) is 14.5. The van der Waals surface area contributed by atoms with E-state index in [0.717, 1.165) is 56.3 Å². The molecule has 0 bridgehead atoms. The van der Waals surface area contributed by atoms with Crippen molar-refractivity contribution in [2.45, 2.75) is 159 Å². The molecule has 0 saturated heterocycles. The van der Waals surface area contributed by atoms with Crippen molar-refractivity contribution in [3.63, 3.8) is 0 Å². The Morgan fingerprint density at radius 3 is 1.56 bits per heavy atom. The van der Waals surface area contributed by atoms with E-state index in [4.69, 9.17) is 4.74 Å². The maximum atomic E-state index is 12.1. The average Bonchev–Trinajstić information content (AvgIpc) is 2.83. The van der Waals surface area contributed by atoms with Gasteiger partial charge in [-0.1, -0.05) is 113 Å². The van der Waals surface area contributed by atoms with Gasteiger partial charge in [0.05, 0.1) is 0 Å². The second kappa shape index (κ2) is 24.2. The third kappa shape index (κ3) is 26.4. The van der Waals surface area contributed by atoms with E-state index < -0.39 is 0 Å². The summed E-state index contributed by atoms with van der Waals surface area (Å²) in [5.74, 6) is 2.43. The van der Waals surface area contributed by atoms with Crippen molar-refractivity contribution in [1.29, 1.82) is 0 Å². The molecule has 0 aliphatic carbocycles. The second-order valence-electron chi connectivity index (χ2n) is 13.1. The van der Waals surface area contributed by atoms with E-state index in [0.29, 0.717) is 13.0 Å². The molecule has 39 heavy (non-hydrogen) atoms. The molecule has 2 nitrogen and oxygen atoms in total. The number of carbonyl (C=O) groups excluding carboxylic acids is 1. The molecule has 0 radical (unpaired) electrons. The van der Waals surface area contributed by atoms with E-state index in [1.165, 1.54) is 73.7 Å². The summed E-state index contributed by atoms with van der Waals surface area (Å²) in [7, 11) is 0. The van der Waals surface area contributed by atoms with Crippen molar-refractivity contribution < 1.29 is 9.53 Å². The van der Waals surface area contributed by atoms with Crippen LogP contribution >= 0.6 is 0 Å². The van der Waals surface area contributed by atoms with Gasteiger partial charge in [0.15, 0.2) is 0 Å². The van der Waals surface area contributed by atoms with Gasteiger partial charge in [-0.3, -0.25) is 4.79 Å². The summed E-state index contributed by atoms with van der Waals surface area (Å²) in [5, 5.41) is 0. The van der Waals surface area contributed by atoms with Crippen LogP contribution in [0.4, 0.5) is 0 Å². The molecule has 2 atom stereocenters. The quantitative estimate of drug-likeness (QED) is 0.0947. The summed E-state index contributed by atoms with van der Waals surface area (Å²) in [5.41, 5.74) is 5.56. The molecule has 0 saturated carbocycles. The van der Waals surface area contributed by atoms with Crippen LogP contribution in [0.5, 0.6) is 0 Å². The van der Waals surface area contributed by atoms with E-state index in [-0.39, 0.29) is 5.97 Å². The maximum absolute atomic E-state index is 12.1. The monoisotopic (exact) mass is 543 g/mol. The number of ether oxygens (including phenoxy) is 1. The molecule has 0 rings (SSSR count). The zero-order valence-electron chi connectivity index (χ0n) is 27.7. The predicted molar refractivity (Wildman–Crippen MR) is 174 cm³/mol. The predicted octanol–water partition coefficient (Wildman–Crippen LogP) is 12.1. The van der Waals surface area contributed by atoms with E-state index in [2.05, 4.69) is 86.6 Å². The van der Waals surface area contributed by atoms with Gasteiger partial charge < -0.3 is 4.74 Å². The van der Waals surface area contributed by atoms with Crippen molar-refractivity contribution in [2.24, 2.45) is 17.8 Å². The zero-order valence-corrected chi connectivity index (χ0v) is 27.7. The first-order valence-corrected chi connectivity index (χ1v) is 16.2. The summed E-state index contributed by atoms with van der Waals surface area (Å²) in [6.45, 7) is 20.8. The lowest BCUT2D eigenvalue weighted by Crippen LogP contribution is -2.04. The van der Waals surface area contributed by atoms with Crippen LogP contribution in [0.25, 0.3) is 0 Å². The van der Waals surface area contributed by atoms with Crippen LogP contribution in [-0.4, -0.2) is 12.6 Å². The van der Waals surface area contributed by atoms with Gasteiger partial charge in [-0.15, -0.1) is 0 Å². The van der Waals surface area contributed by atoms with Crippen LogP contribution in [0.3, 0.4) is 0 Å². The van der Waals surface area contributed by atoms with Gasteiger partial charge in [0.2, 0.25) is 0 Å². The topological polar surface area (TPSA) is 26.3 Å². The first-order chi connectivity index (χ1) is 18.5. The van der Waals surface area contributed by atoms with E-state index >= 15 is 0 Å².